The molecule has 2 aromatic rings. The molecular formula is C12H16ClN3S. The average Bonchev–Trinajstić information content (AvgIpc) is 2.81. The molecule has 0 radical (unpaired) electrons. The summed E-state index contributed by atoms with van der Waals surface area (Å²) in [7, 11) is 1.94. The summed E-state index contributed by atoms with van der Waals surface area (Å²) in [6.45, 7) is 6.48. The standard InChI is InChI=1S/C12H16ClN3S/c1-12(2,3)10-9(6-16(4)15-10)11-14-8(5-13)7-17-11/h6-7H,5H2,1-4H3. The molecule has 0 fully saturated rings. The van der Waals surface area contributed by atoms with Crippen molar-refractivity contribution in [2.24, 2.45) is 7.05 Å². The lowest BCUT2D eigenvalue weighted by Crippen LogP contribution is -2.13. The Kier molecular flexibility index (Phi) is 3.27. The van der Waals surface area contributed by atoms with Gasteiger partial charge in [0.15, 0.2) is 0 Å². The fourth-order valence-corrected chi connectivity index (χ4v) is 2.75. The van der Waals surface area contributed by atoms with Crippen LogP contribution in [0.4, 0.5) is 0 Å². The first-order chi connectivity index (χ1) is 7.91. The van der Waals surface area contributed by atoms with E-state index in [-0.39, 0.29) is 5.41 Å². The molecule has 0 aromatic carbocycles. The van der Waals surface area contributed by atoms with Gasteiger partial charge in [0.05, 0.1) is 22.8 Å². The smallest absolute Gasteiger partial charge is 0.127 e. The van der Waals surface area contributed by atoms with Crippen LogP contribution in [0.15, 0.2) is 11.6 Å². The molecule has 0 spiro atoms. The zero-order chi connectivity index (χ0) is 12.6. The van der Waals surface area contributed by atoms with Crippen molar-refractivity contribution >= 4 is 22.9 Å². The van der Waals surface area contributed by atoms with Gasteiger partial charge in [-0.1, -0.05) is 20.8 Å². The van der Waals surface area contributed by atoms with Gasteiger partial charge < -0.3 is 0 Å². The van der Waals surface area contributed by atoms with Crippen molar-refractivity contribution in [2.45, 2.75) is 32.1 Å². The van der Waals surface area contributed by atoms with Gasteiger partial charge in [-0.15, -0.1) is 22.9 Å². The van der Waals surface area contributed by atoms with Gasteiger partial charge in [-0.05, 0) is 0 Å². The van der Waals surface area contributed by atoms with Crippen LogP contribution >= 0.6 is 22.9 Å². The predicted octanol–water partition coefficient (Wildman–Crippen LogP) is 3.58. The number of aromatic nitrogens is 3. The SMILES string of the molecule is Cn1cc(-c2nc(CCl)cs2)c(C(C)(C)C)n1. The van der Waals surface area contributed by atoms with Crippen LogP contribution in [-0.2, 0) is 18.3 Å². The monoisotopic (exact) mass is 269 g/mol. The van der Waals surface area contributed by atoms with E-state index in [1.807, 2.05) is 23.3 Å². The second-order valence-corrected chi connectivity index (χ2v) is 6.22. The van der Waals surface area contributed by atoms with Crippen LogP contribution in [0.1, 0.15) is 32.2 Å². The Balaban J connectivity index is 2.51. The Morgan fingerprint density at radius 2 is 2.12 bits per heavy atom. The summed E-state index contributed by atoms with van der Waals surface area (Å²) in [5, 5.41) is 7.54. The molecule has 3 nitrogen and oxygen atoms in total. The average molecular weight is 270 g/mol. The third-order valence-corrected chi connectivity index (χ3v) is 3.66. The van der Waals surface area contributed by atoms with E-state index in [0.29, 0.717) is 5.88 Å². The lowest BCUT2D eigenvalue weighted by molar-refractivity contribution is 0.554. The van der Waals surface area contributed by atoms with Crippen LogP contribution in [0.3, 0.4) is 0 Å². The number of rotatable bonds is 2. The highest BCUT2D eigenvalue weighted by atomic mass is 35.5. The summed E-state index contributed by atoms with van der Waals surface area (Å²) >= 11 is 7.41. The number of nitrogens with zero attached hydrogens (tertiary/aromatic N) is 3. The minimum absolute atomic E-state index is 0.0173. The van der Waals surface area contributed by atoms with E-state index in [2.05, 4.69) is 30.9 Å². The third kappa shape index (κ3) is 2.53. The van der Waals surface area contributed by atoms with E-state index < -0.39 is 0 Å². The van der Waals surface area contributed by atoms with E-state index in [4.69, 9.17) is 11.6 Å². The first kappa shape index (κ1) is 12.6. The summed E-state index contributed by atoms with van der Waals surface area (Å²) in [5.41, 5.74) is 3.14. The summed E-state index contributed by atoms with van der Waals surface area (Å²) in [6.07, 6.45) is 2.03. The molecule has 0 aliphatic rings. The van der Waals surface area contributed by atoms with Gasteiger partial charge in [0.1, 0.15) is 5.01 Å². The highest BCUT2D eigenvalue weighted by Gasteiger charge is 2.24. The maximum absolute atomic E-state index is 5.79. The lowest BCUT2D eigenvalue weighted by Gasteiger charge is -2.16. The van der Waals surface area contributed by atoms with E-state index in [1.165, 1.54) is 0 Å². The number of hydrogen-bond donors (Lipinski definition) is 0. The summed E-state index contributed by atoms with van der Waals surface area (Å²) in [6, 6.07) is 0. The summed E-state index contributed by atoms with van der Waals surface area (Å²) < 4.78 is 1.84. The Hall–Kier alpha value is -0.870. The van der Waals surface area contributed by atoms with Crippen molar-refractivity contribution in [1.82, 2.24) is 14.8 Å². The highest BCUT2D eigenvalue weighted by Crippen LogP contribution is 2.33. The normalized spacial score (nSPS) is 12.1. The molecule has 2 heterocycles. The fourth-order valence-electron chi connectivity index (χ4n) is 1.69. The van der Waals surface area contributed by atoms with Crippen LogP contribution in [0, 0.1) is 0 Å². The van der Waals surface area contributed by atoms with Gasteiger partial charge in [0.2, 0.25) is 0 Å². The van der Waals surface area contributed by atoms with Crippen molar-refractivity contribution in [2.75, 3.05) is 0 Å². The first-order valence-corrected chi connectivity index (χ1v) is 6.88. The Morgan fingerprint density at radius 3 is 2.65 bits per heavy atom. The second-order valence-electron chi connectivity index (χ2n) is 5.09. The maximum Gasteiger partial charge on any atom is 0.127 e. The van der Waals surface area contributed by atoms with Crippen molar-refractivity contribution in [3.8, 4) is 10.6 Å². The summed E-state index contributed by atoms with van der Waals surface area (Å²) in [5.74, 6) is 0.460. The second kappa shape index (κ2) is 4.42. The van der Waals surface area contributed by atoms with Crippen molar-refractivity contribution in [3.63, 3.8) is 0 Å². The van der Waals surface area contributed by atoms with Crippen molar-refractivity contribution in [3.05, 3.63) is 23.0 Å². The van der Waals surface area contributed by atoms with Crippen molar-refractivity contribution in [1.29, 1.82) is 0 Å². The number of aryl methyl sites for hydroxylation is 1. The molecular weight excluding hydrogens is 254 g/mol. The Bertz CT molecular complexity index is 522. The molecule has 0 aliphatic heterocycles. The molecule has 2 aromatic heterocycles. The predicted molar refractivity (Wildman–Crippen MR) is 72.6 cm³/mol. The van der Waals surface area contributed by atoms with Gasteiger partial charge in [-0.2, -0.15) is 5.10 Å². The zero-order valence-corrected chi connectivity index (χ0v) is 12.1. The molecule has 0 aliphatic carbocycles. The van der Waals surface area contributed by atoms with E-state index >= 15 is 0 Å². The number of hydrogen-bond acceptors (Lipinski definition) is 3. The maximum atomic E-state index is 5.79. The number of halogens is 1. The zero-order valence-electron chi connectivity index (χ0n) is 10.5. The van der Waals surface area contributed by atoms with Crippen molar-refractivity contribution < 1.29 is 0 Å². The van der Waals surface area contributed by atoms with Crippen LogP contribution in [0.5, 0.6) is 0 Å². The van der Waals surface area contributed by atoms with Gasteiger partial charge in [-0.25, -0.2) is 4.98 Å². The fraction of sp³-hybridized carbons (Fsp3) is 0.500. The molecule has 17 heavy (non-hydrogen) atoms. The molecule has 0 amide bonds. The topological polar surface area (TPSA) is 30.7 Å². The molecule has 2 rings (SSSR count). The first-order valence-electron chi connectivity index (χ1n) is 5.46. The van der Waals surface area contributed by atoms with Gasteiger partial charge in [0.25, 0.3) is 0 Å². The molecule has 0 saturated heterocycles. The van der Waals surface area contributed by atoms with Crippen LogP contribution in [-0.4, -0.2) is 14.8 Å². The Labute approximate surface area is 110 Å². The third-order valence-electron chi connectivity index (χ3n) is 2.46. The lowest BCUT2D eigenvalue weighted by atomic mass is 9.90. The molecule has 0 N–H and O–H groups in total. The van der Waals surface area contributed by atoms with Gasteiger partial charge >= 0.3 is 0 Å². The molecule has 0 atom stereocenters. The Morgan fingerprint density at radius 1 is 1.41 bits per heavy atom. The molecule has 5 heteroatoms. The minimum Gasteiger partial charge on any atom is -0.275 e. The van der Waals surface area contributed by atoms with Crippen LogP contribution in [0.25, 0.3) is 10.6 Å². The number of alkyl halides is 1. The van der Waals surface area contributed by atoms with Crippen LogP contribution < -0.4 is 0 Å². The van der Waals surface area contributed by atoms with Gasteiger partial charge in [-0.3, -0.25) is 4.68 Å². The molecule has 0 bridgehead atoms. The molecule has 0 unspecified atom stereocenters. The summed E-state index contributed by atoms with van der Waals surface area (Å²) in [4.78, 5) is 4.52. The van der Waals surface area contributed by atoms with Crippen LogP contribution in [0.2, 0.25) is 0 Å². The molecule has 0 saturated carbocycles. The number of thiazole rings is 1. The van der Waals surface area contributed by atoms with E-state index in [1.54, 1.807) is 11.3 Å². The van der Waals surface area contributed by atoms with Gasteiger partial charge in [0, 0.05) is 24.0 Å². The highest BCUT2D eigenvalue weighted by molar-refractivity contribution is 7.13. The molecule has 92 valence electrons. The minimum atomic E-state index is 0.0173. The largest absolute Gasteiger partial charge is 0.275 e. The van der Waals surface area contributed by atoms with E-state index in [0.717, 1.165) is 22.0 Å². The van der Waals surface area contributed by atoms with E-state index in [9.17, 15) is 0 Å². The quantitative estimate of drug-likeness (QED) is 0.780.